The van der Waals surface area contributed by atoms with Crippen molar-refractivity contribution < 1.29 is 48.2 Å². The van der Waals surface area contributed by atoms with E-state index in [4.69, 9.17) is 14.0 Å². The van der Waals surface area contributed by atoms with Gasteiger partial charge in [0.15, 0.2) is 5.76 Å². The zero-order valence-electron chi connectivity index (χ0n) is 19.1. The summed E-state index contributed by atoms with van der Waals surface area (Å²) in [6, 6.07) is 1.86. The number of nitrogens with one attached hydrogen (secondary N) is 1. The molecular formula is C22H23N3O10S. The standard InChI is InChI=1S/C22H23N3O10S/c1-11(26)34-9-12-10-36-19-15(18(28)25(19)16(12)20(29)30)23-17(27)14(13-5-4-8-33-13)24-35-22(21(31)32)6-2-3-7-22/h4-5,8,15,19H,2-3,6-7,9-10H2,1H3,(H,23,27)(H,29,30)(H,31,32)/t15-,19-/m1/s1. The molecule has 3 aliphatic rings. The Labute approximate surface area is 208 Å². The molecule has 1 saturated carbocycles. The third-order valence-electron chi connectivity index (χ3n) is 6.07. The summed E-state index contributed by atoms with van der Waals surface area (Å²) in [7, 11) is 0. The Morgan fingerprint density at radius 2 is 2.00 bits per heavy atom. The van der Waals surface area contributed by atoms with Crippen LogP contribution in [-0.4, -0.2) is 79.9 Å². The Morgan fingerprint density at radius 3 is 2.58 bits per heavy atom. The number of ether oxygens (including phenoxy) is 1. The number of esters is 1. The van der Waals surface area contributed by atoms with Crippen molar-refractivity contribution in [3.8, 4) is 0 Å². The second-order valence-electron chi connectivity index (χ2n) is 8.41. The minimum absolute atomic E-state index is 0.000695. The smallest absolute Gasteiger partial charge is 0.352 e. The molecule has 36 heavy (non-hydrogen) atoms. The fourth-order valence-corrected chi connectivity index (χ4v) is 5.55. The molecule has 0 radical (unpaired) electrons. The molecule has 0 bridgehead atoms. The number of oxime groups is 1. The van der Waals surface area contributed by atoms with Gasteiger partial charge >= 0.3 is 17.9 Å². The maximum absolute atomic E-state index is 13.1. The number of fused-ring (bicyclic) bond motifs is 1. The highest BCUT2D eigenvalue weighted by Crippen LogP contribution is 2.40. The molecule has 3 heterocycles. The number of aliphatic carboxylic acids is 2. The van der Waals surface area contributed by atoms with Gasteiger partial charge in [-0.3, -0.25) is 19.3 Å². The van der Waals surface area contributed by atoms with Gasteiger partial charge in [0, 0.05) is 31.1 Å². The van der Waals surface area contributed by atoms with Gasteiger partial charge in [-0.25, -0.2) is 9.59 Å². The Morgan fingerprint density at radius 1 is 1.28 bits per heavy atom. The average Bonchev–Trinajstić information content (AvgIpc) is 3.54. The molecule has 2 amide bonds. The number of thioether (sulfide) groups is 1. The molecule has 192 valence electrons. The summed E-state index contributed by atoms with van der Waals surface area (Å²) >= 11 is 1.20. The Balaban J connectivity index is 1.53. The van der Waals surface area contributed by atoms with Gasteiger partial charge < -0.3 is 29.5 Å². The van der Waals surface area contributed by atoms with Gasteiger partial charge in [-0.15, -0.1) is 11.8 Å². The number of hydrogen-bond donors (Lipinski definition) is 3. The van der Waals surface area contributed by atoms with Crippen molar-refractivity contribution in [3.63, 3.8) is 0 Å². The van der Waals surface area contributed by atoms with Crippen LogP contribution in [0.15, 0.2) is 39.2 Å². The summed E-state index contributed by atoms with van der Waals surface area (Å²) in [6.45, 7) is 0.919. The molecule has 0 unspecified atom stereocenters. The maximum atomic E-state index is 13.1. The first-order valence-corrected chi connectivity index (χ1v) is 12.1. The molecular weight excluding hydrogens is 498 g/mol. The lowest BCUT2D eigenvalue weighted by molar-refractivity contribution is -0.165. The van der Waals surface area contributed by atoms with Crippen LogP contribution < -0.4 is 5.32 Å². The number of furan rings is 1. The number of carbonyl (C=O) groups excluding carboxylic acids is 3. The van der Waals surface area contributed by atoms with Gasteiger partial charge in [-0.2, -0.15) is 0 Å². The molecule has 3 N–H and O–H groups in total. The summed E-state index contributed by atoms with van der Waals surface area (Å²) < 4.78 is 10.2. The van der Waals surface area contributed by atoms with Crippen LogP contribution in [0.25, 0.3) is 0 Å². The number of nitrogens with zero attached hydrogens (tertiary/aromatic N) is 2. The van der Waals surface area contributed by atoms with Gasteiger partial charge in [-0.1, -0.05) is 5.16 Å². The number of carboxylic acids is 2. The van der Waals surface area contributed by atoms with Crippen molar-refractivity contribution in [2.24, 2.45) is 5.16 Å². The lowest BCUT2D eigenvalue weighted by Gasteiger charge is -2.49. The van der Waals surface area contributed by atoms with E-state index < -0.39 is 46.7 Å². The van der Waals surface area contributed by atoms with Crippen molar-refractivity contribution in [2.45, 2.75) is 49.6 Å². The first-order chi connectivity index (χ1) is 17.1. The third kappa shape index (κ3) is 4.67. The van der Waals surface area contributed by atoms with E-state index in [1.807, 2.05) is 0 Å². The van der Waals surface area contributed by atoms with Gasteiger partial charge in [0.25, 0.3) is 11.8 Å². The molecule has 13 nitrogen and oxygen atoms in total. The average molecular weight is 522 g/mol. The Hall–Kier alpha value is -3.81. The lowest BCUT2D eigenvalue weighted by Crippen LogP contribution is -2.71. The van der Waals surface area contributed by atoms with E-state index >= 15 is 0 Å². The monoisotopic (exact) mass is 521 g/mol. The van der Waals surface area contributed by atoms with Crippen LogP contribution in [0, 0.1) is 0 Å². The SMILES string of the molecule is CC(=O)OCC1=C(C(=O)O)N2C(=O)[C@@H](NC(=O)C(=NOC3(C(=O)O)CCCC3)c3ccco3)[C@H]2SC1. The number of β-lactam (4-membered cyclic amide) rings is 1. The second kappa shape index (κ2) is 10.0. The molecule has 14 heteroatoms. The first kappa shape index (κ1) is 25.3. The Bertz CT molecular complexity index is 1150. The van der Waals surface area contributed by atoms with Crippen molar-refractivity contribution in [1.82, 2.24) is 10.2 Å². The number of carbonyl (C=O) groups is 5. The van der Waals surface area contributed by atoms with Gasteiger partial charge in [-0.05, 0) is 25.0 Å². The van der Waals surface area contributed by atoms with Gasteiger partial charge in [0.05, 0.1) is 6.26 Å². The number of rotatable bonds is 9. The lowest BCUT2D eigenvalue weighted by atomic mass is 10.0. The molecule has 1 aromatic rings. The normalized spacial score (nSPS) is 23.0. The zero-order valence-corrected chi connectivity index (χ0v) is 19.9. The summed E-state index contributed by atoms with van der Waals surface area (Å²) in [5.41, 5.74) is -1.94. The topological polar surface area (TPSA) is 185 Å². The van der Waals surface area contributed by atoms with Crippen LogP contribution in [0.2, 0.25) is 0 Å². The summed E-state index contributed by atoms with van der Waals surface area (Å²) in [5, 5.41) is 24.9. The highest BCUT2D eigenvalue weighted by molar-refractivity contribution is 8.00. The third-order valence-corrected chi connectivity index (χ3v) is 7.41. The molecule has 2 aliphatic heterocycles. The fourth-order valence-electron chi connectivity index (χ4n) is 4.23. The van der Waals surface area contributed by atoms with Crippen LogP contribution >= 0.6 is 11.8 Å². The predicted octanol–water partition coefficient (Wildman–Crippen LogP) is 0.699. The van der Waals surface area contributed by atoms with Crippen LogP contribution in [-0.2, 0) is 33.5 Å². The first-order valence-electron chi connectivity index (χ1n) is 11.0. The molecule has 4 rings (SSSR count). The van der Waals surface area contributed by atoms with Crippen LogP contribution in [0.5, 0.6) is 0 Å². The van der Waals surface area contributed by atoms with Crippen molar-refractivity contribution >= 4 is 47.2 Å². The largest absolute Gasteiger partial charge is 0.478 e. The minimum atomic E-state index is -1.56. The van der Waals surface area contributed by atoms with E-state index in [1.165, 1.54) is 37.1 Å². The summed E-state index contributed by atoms with van der Waals surface area (Å²) in [5.74, 6) is -4.50. The molecule has 1 saturated heterocycles. The second-order valence-corrected chi connectivity index (χ2v) is 9.52. The van der Waals surface area contributed by atoms with E-state index in [1.54, 1.807) is 0 Å². The molecule has 1 aliphatic carbocycles. The molecule has 1 aromatic heterocycles. The summed E-state index contributed by atoms with van der Waals surface area (Å²) in [6.07, 6.45) is 3.02. The molecule has 0 aromatic carbocycles. The van der Waals surface area contributed by atoms with Crippen molar-refractivity contribution in [2.75, 3.05) is 12.4 Å². The highest BCUT2D eigenvalue weighted by atomic mass is 32.2. The quantitative estimate of drug-likeness (QED) is 0.180. The molecule has 2 atom stereocenters. The summed E-state index contributed by atoms with van der Waals surface area (Å²) in [4.78, 5) is 67.1. The van der Waals surface area contributed by atoms with E-state index in [9.17, 15) is 34.2 Å². The number of amides is 2. The Kier molecular flexibility index (Phi) is 7.06. The molecule has 2 fully saturated rings. The maximum Gasteiger partial charge on any atom is 0.352 e. The minimum Gasteiger partial charge on any atom is -0.478 e. The number of hydrogen-bond acceptors (Lipinski definition) is 10. The van der Waals surface area contributed by atoms with Gasteiger partial charge in [0.2, 0.25) is 11.3 Å². The van der Waals surface area contributed by atoms with E-state index in [2.05, 4.69) is 10.5 Å². The predicted molar refractivity (Wildman–Crippen MR) is 121 cm³/mol. The highest BCUT2D eigenvalue weighted by Gasteiger charge is 2.54. The van der Waals surface area contributed by atoms with Crippen molar-refractivity contribution in [1.29, 1.82) is 0 Å². The van der Waals surface area contributed by atoms with Crippen LogP contribution in [0.4, 0.5) is 0 Å². The molecule has 0 spiro atoms. The van der Waals surface area contributed by atoms with E-state index in [-0.39, 0.29) is 47.9 Å². The number of carboxylic acid groups (broad SMARTS) is 2. The fraction of sp³-hybridized carbons (Fsp3) is 0.455. The van der Waals surface area contributed by atoms with Crippen molar-refractivity contribution in [3.05, 3.63) is 35.4 Å². The zero-order chi connectivity index (χ0) is 26.0. The van der Waals surface area contributed by atoms with Crippen LogP contribution in [0.3, 0.4) is 0 Å². The van der Waals surface area contributed by atoms with E-state index in [0.29, 0.717) is 12.8 Å². The van der Waals surface area contributed by atoms with Crippen LogP contribution in [0.1, 0.15) is 38.4 Å². The van der Waals surface area contributed by atoms with E-state index in [0.717, 1.165) is 4.90 Å². The van der Waals surface area contributed by atoms with Gasteiger partial charge in [0.1, 0.15) is 23.7 Å².